The van der Waals surface area contributed by atoms with Crippen LogP contribution in [0, 0.1) is 26.2 Å². The number of aliphatic imine (C=N–C) groups is 1. The lowest BCUT2D eigenvalue weighted by atomic mass is 9.69. The van der Waals surface area contributed by atoms with Crippen LogP contribution in [-0.4, -0.2) is 60.8 Å². The summed E-state index contributed by atoms with van der Waals surface area (Å²) in [5.74, 6) is 1.10. The number of likely N-dealkylation sites (N-methyl/N-ethyl adjacent to an activating group) is 1. The normalized spacial score (nSPS) is 24.6. The first kappa shape index (κ1) is 24.5. The minimum absolute atomic E-state index is 0.0141. The molecular formula is C29H37ClN4O. The van der Waals surface area contributed by atoms with Crippen LogP contribution >= 0.6 is 11.6 Å². The fourth-order valence-electron chi connectivity index (χ4n) is 6.49. The molecule has 2 aromatic rings. The van der Waals surface area contributed by atoms with Crippen molar-refractivity contribution in [2.45, 2.75) is 58.9 Å². The number of hydrogen-bond donors (Lipinski definition) is 0. The van der Waals surface area contributed by atoms with Gasteiger partial charge in [0.2, 0.25) is 5.91 Å². The Morgan fingerprint density at radius 2 is 1.51 bits per heavy atom. The van der Waals surface area contributed by atoms with Crippen molar-refractivity contribution in [3.8, 4) is 0 Å². The van der Waals surface area contributed by atoms with E-state index in [-0.39, 0.29) is 11.9 Å². The van der Waals surface area contributed by atoms with Gasteiger partial charge in [0, 0.05) is 31.2 Å². The Morgan fingerprint density at radius 3 is 2.11 bits per heavy atom. The predicted molar refractivity (Wildman–Crippen MR) is 145 cm³/mol. The van der Waals surface area contributed by atoms with Gasteiger partial charge >= 0.3 is 0 Å². The van der Waals surface area contributed by atoms with E-state index in [0.29, 0.717) is 5.02 Å². The maximum Gasteiger partial charge on any atom is 0.240 e. The van der Waals surface area contributed by atoms with Crippen LogP contribution in [0.25, 0.3) is 0 Å². The number of carbonyl (C=O) groups is 1. The largest absolute Gasteiger partial charge is 0.304 e. The molecule has 0 aromatic heterocycles. The molecule has 5 nitrogen and oxygen atoms in total. The van der Waals surface area contributed by atoms with Gasteiger partial charge in [-0.3, -0.25) is 14.6 Å². The van der Waals surface area contributed by atoms with E-state index in [1.807, 2.05) is 29.2 Å². The van der Waals surface area contributed by atoms with Crippen molar-refractivity contribution in [3.63, 3.8) is 0 Å². The third-order valence-electron chi connectivity index (χ3n) is 8.22. The molecule has 2 aliphatic heterocycles. The molecule has 1 amide bonds. The smallest absolute Gasteiger partial charge is 0.240 e. The van der Waals surface area contributed by atoms with Gasteiger partial charge in [0.1, 0.15) is 5.84 Å². The average Bonchev–Trinajstić information content (AvgIpc) is 3.05. The Kier molecular flexibility index (Phi) is 6.77. The van der Waals surface area contributed by atoms with Crippen LogP contribution in [0.15, 0.2) is 41.4 Å². The van der Waals surface area contributed by atoms with Gasteiger partial charge < -0.3 is 4.90 Å². The number of hydrogen-bond acceptors (Lipinski definition) is 4. The monoisotopic (exact) mass is 492 g/mol. The molecule has 3 fully saturated rings. The zero-order chi connectivity index (χ0) is 24.7. The van der Waals surface area contributed by atoms with Gasteiger partial charge in [-0.1, -0.05) is 48.6 Å². The summed E-state index contributed by atoms with van der Waals surface area (Å²) >= 11 is 6.24. The van der Waals surface area contributed by atoms with E-state index in [1.165, 1.54) is 12.0 Å². The van der Waals surface area contributed by atoms with E-state index in [4.69, 9.17) is 16.6 Å². The zero-order valence-corrected chi connectivity index (χ0v) is 22.2. The van der Waals surface area contributed by atoms with E-state index >= 15 is 0 Å². The summed E-state index contributed by atoms with van der Waals surface area (Å²) in [6.45, 7) is 10.3. The standard InChI is InChI=1S/C29H37ClN4O/c1-20-18-21(2)25(22(3)19-20)31-27-26(33-16-14-32(4)15-17-33)29(12-6-5-7-13-29)28(35)34(27)24-10-8-23(30)9-11-24/h8-11,18-19,26H,5-7,12-17H2,1-4H3/t26-/m1/s1. The summed E-state index contributed by atoms with van der Waals surface area (Å²) in [5, 5.41) is 0.673. The molecule has 35 heavy (non-hydrogen) atoms. The van der Waals surface area contributed by atoms with Gasteiger partial charge in [-0.05, 0) is 76.1 Å². The van der Waals surface area contributed by atoms with Crippen LogP contribution in [0.2, 0.25) is 5.02 Å². The minimum atomic E-state index is -0.418. The second-order valence-corrected chi connectivity index (χ2v) is 11.2. The molecule has 3 aliphatic rings. The van der Waals surface area contributed by atoms with Gasteiger partial charge in [-0.2, -0.15) is 0 Å². The van der Waals surface area contributed by atoms with E-state index in [0.717, 1.165) is 80.2 Å². The quantitative estimate of drug-likeness (QED) is 0.534. The summed E-state index contributed by atoms with van der Waals surface area (Å²) in [4.78, 5) is 26.7. The molecule has 1 atom stereocenters. The summed E-state index contributed by atoms with van der Waals surface area (Å²) in [6.07, 6.45) is 5.25. The highest BCUT2D eigenvalue weighted by molar-refractivity contribution is 6.31. The first-order chi connectivity index (χ1) is 16.8. The molecule has 2 heterocycles. The summed E-state index contributed by atoms with van der Waals surface area (Å²) in [6, 6.07) is 12.1. The molecule has 0 unspecified atom stereocenters. The molecule has 1 aliphatic carbocycles. The van der Waals surface area contributed by atoms with Gasteiger partial charge in [-0.25, -0.2) is 4.99 Å². The Bertz CT molecular complexity index is 1100. The molecule has 2 saturated heterocycles. The molecule has 2 aromatic carbocycles. The zero-order valence-electron chi connectivity index (χ0n) is 21.5. The maximum absolute atomic E-state index is 14.5. The van der Waals surface area contributed by atoms with Crippen molar-refractivity contribution in [2.75, 3.05) is 38.1 Å². The highest BCUT2D eigenvalue weighted by Gasteiger charge is 2.60. The number of aryl methyl sites for hydroxylation is 3. The number of amidine groups is 1. The lowest BCUT2D eigenvalue weighted by Crippen LogP contribution is -2.57. The molecule has 1 saturated carbocycles. The Hall–Kier alpha value is -2.21. The first-order valence-corrected chi connectivity index (χ1v) is 13.4. The lowest BCUT2D eigenvalue weighted by Gasteiger charge is -2.44. The van der Waals surface area contributed by atoms with Crippen molar-refractivity contribution < 1.29 is 4.79 Å². The van der Waals surface area contributed by atoms with Gasteiger partial charge in [0.25, 0.3) is 0 Å². The minimum Gasteiger partial charge on any atom is -0.304 e. The molecule has 5 rings (SSSR count). The van der Waals surface area contributed by atoms with E-state index in [2.05, 4.69) is 49.8 Å². The van der Waals surface area contributed by atoms with E-state index in [9.17, 15) is 4.79 Å². The second-order valence-electron chi connectivity index (χ2n) is 10.8. The summed E-state index contributed by atoms with van der Waals surface area (Å²) in [5.41, 5.74) is 4.98. The summed E-state index contributed by atoms with van der Waals surface area (Å²) in [7, 11) is 2.18. The Morgan fingerprint density at radius 1 is 0.914 bits per heavy atom. The van der Waals surface area contributed by atoms with Gasteiger partial charge in [-0.15, -0.1) is 0 Å². The molecule has 0 N–H and O–H groups in total. The number of piperazine rings is 1. The van der Waals surface area contributed by atoms with Crippen LogP contribution in [0.3, 0.4) is 0 Å². The van der Waals surface area contributed by atoms with Crippen molar-refractivity contribution >= 4 is 34.7 Å². The number of anilines is 1. The Balaban J connectivity index is 1.71. The van der Waals surface area contributed by atoms with Crippen molar-refractivity contribution in [2.24, 2.45) is 10.4 Å². The lowest BCUT2D eigenvalue weighted by molar-refractivity contribution is -0.130. The van der Waals surface area contributed by atoms with Gasteiger partial charge in [0.15, 0.2) is 0 Å². The topological polar surface area (TPSA) is 39.1 Å². The number of benzene rings is 2. The maximum atomic E-state index is 14.5. The van der Waals surface area contributed by atoms with Crippen molar-refractivity contribution in [1.29, 1.82) is 0 Å². The number of amides is 1. The van der Waals surface area contributed by atoms with E-state index in [1.54, 1.807) is 0 Å². The third kappa shape index (κ3) is 4.43. The van der Waals surface area contributed by atoms with Crippen molar-refractivity contribution in [3.05, 3.63) is 58.1 Å². The highest BCUT2D eigenvalue weighted by Crippen LogP contribution is 2.50. The molecule has 0 bridgehead atoms. The fourth-order valence-corrected chi connectivity index (χ4v) is 6.62. The van der Waals surface area contributed by atoms with Crippen LogP contribution < -0.4 is 4.90 Å². The SMILES string of the molecule is Cc1cc(C)c(N=C2[C@@H](N3CCN(C)CC3)C3(CCCCC3)C(=O)N2c2ccc(Cl)cc2)c(C)c1. The molecule has 6 heteroatoms. The molecule has 186 valence electrons. The van der Waals surface area contributed by atoms with E-state index < -0.39 is 5.41 Å². The average molecular weight is 493 g/mol. The number of rotatable bonds is 3. The highest BCUT2D eigenvalue weighted by atomic mass is 35.5. The second kappa shape index (κ2) is 9.68. The molecule has 1 spiro atoms. The van der Waals surface area contributed by atoms with Crippen molar-refractivity contribution in [1.82, 2.24) is 9.80 Å². The molecular weight excluding hydrogens is 456 g/mol. The number of carbonyl (C=O) groups excluding carboxylic acids is 1. The van der Waals surface area contributed by atoms with Crippen LogP contribution in [0.5, 0.6) is 0 Å². The Labute approximate surface area is 214 Å². The summed E-state index contributed by atoms with van der Waals surface area (Å²) < 4.78 is 0. The third-order valence-corrected chi connectivity index (χ3v) is 8.47. The van der Waals surface area contributed by atoms with Gasteiger partial charge in [0.05, 0.1) is 22.8 Å². The number of nitrogens with zero attached hydrogens (tertiary/aromatic N) is 4. The number of halogens is 1. The molecule has 0 radical (unpaired) electrons. The van der Waals surface area contributed by atoms with Crippen LogP contribution in [0.4, 0.5) is 11.4 Å². The van der Waals surface area contributed by atoms with Crippen LogP contribution in [0.1, 0.15) is 48.8 Å². The van der Waals surface area contributed by atoms with Crippen LogP contribution in [-0.2, 0) is 4.79 Å². The first-order valence-electron chi connectivity index (χ1n) is 13.0. The fraction of sp³-hybridized carbons (Fsp3) is 0.517. The predicted octanol–water partition coefficient (Wildman–Crippen LogP) is 5.91.